The van der Waals surface area contributed by atoms with Crippen LogP contribution >= 0.6 is 0 Å². The molecule has 0 bridgehead atoms. The number of carbonyl (C=O) groups excluding carboxylic acids is 3. The van der Waals surface area contributed by atoms with Crippen molar-refractivity contribution in [2.75, 3.05) is 6.54 Å². The van der Waals surface area contributed by atoms with Crippen LogP contribution in [0.5, 0.6) is 0 Å². The molecule has 2 aromatic carbocycles. The number of nitrogens with one attached hydrogen (secondary N) is 1. The molecule has 1 aliphatic carbocycles. The number of imide groups is 1. The van der Waals surface area contributed by atoms with Gasteiger partial charge in [-0.05, 0) is 87.1 Å². The van der Waals surface area contributed by atoms with Crippen molar-refractivity contribution in [2.24, 2.45) is 0 Å². The second-order valence-electron chi connectivity index (χ2n) is 9.49. The number of fused-ring (bicyclic) bond motifs is 1. The highest BCUT2D eigenvalue weighted by Gasteiger charge is 2.49. The van der Waals surface area contributed by atoms with Crippen LogP contribution in [0.4, 0.5) is 4.79 Å². The van der Waals surface area contributed by atoms with Gasteiger partial charge in [-0.1, -0.05) is 18.2 Å². The largest absolute Gasteiger partial charge is 0.325 e. The topological polar surface area (TPSA) is 95.2 Å². The second-order valence-corrected chi connectivity index (χ2v) is 9.49. The fraction of sp³-hybridized carbons (Fsp3) is 0.286. The van der Waals surface area contributed by atoms with E-state index in [2.05, 4.69) is 28.1 Å². The Kier molecular flexibility index (Phi) is 5.32. The number of nitrogens with zero attached hydrogens (tertiary/aromatic N) is 3. The Hall–Kier alpha value is -4.18. The summed E-state index contributed by atoms with van der Waals surface area (Å²) in [4.78, 5) is 40.3. The quantitative estimate of drug-likeness (QED) is 0.452. The average molecular weight is 467 g/mol. The molecule has 2 heterocycles. The predicted octanol–water partition coefficient (Wildman–Crippen LogP) is 4.10. The molecule has 3 aromatic rings. The first-order valence-corrected chi connectivity index (χ1v) is 11.7. The molecule has 2 aliphatic rings. The van der Waals surface area contributed by atoms with Crippen molar-refractivity contribution in [3.05, 3.63) is 87.7 Å². The highest BCUT2D eigenvalue weighted by atomic mass is 16.2. The van der Waals surface area contributed by atoms with Crippen molar-refractivity contribution in [3.8, 4) is 11.8 Å². The lowest BCUT2D eigenvalue weighted by Gasteiger charge is -2.22. The number of Topliss-reactive ketones (excluding diaryl/α,β-unsaturated/α-hetero) is 1. The fourth-order valence-corrected chi connectivity index (χ4v) is 5.28. The summed E-state index contributed by atoms with van der Waals surface area (Å²) in [6.45, 7) is 5.11. The lowest BCUT2D eigenvalue weighted by Crippen LogP contribution is -2.41. The first-order chi connectivity index (χ1) is 16.7. The Labute approximate surface area is 204 Å². The van der Waals surface area contributed by atoms with E-state index in [1.807, 2.05) is 26.0 Å². The molecule has 1 N–H and O–H groups in total. The monoisotopic (exact) mass is 466 g/mol. The van der Waals surface area contributed by atoms with Crippen LogP contribution in [-0.4, -0.2) is 33.7 Å². The van der Waals surface area contributed by atoms with Gasteiger partial charge >= 0.3 is 6.03 Å². The number of amides is 3. The standard InChI is InChI=1S/C28H26N4O3/c1-17-13-24(18(2)32(17)23-12-9-20-5-4-6-21(20)14-23)25(33)16-31-26(34)28(3,30-27(31)35)22-10-7-19(15-29)8-11-22/h7-14H,4-6,16H2,1-3H3,(H,30,35)/t28-/m1/s1. The zero-order valence-corrected chi connectivity index (χ0v) is 20.0. The number of ketones is 1. The molecular formula is C28H26N4O3. The van der Waals surface area contributed by atoms with Gasteiger partial charge in [-0.15, -0.1) is 0 Å². The lowest BCUT2D eigenvalue weighted by atomic mass is 9.91. The summed E-state index contributed by atoms with van der Waals surface area (Å²) in [5.41, 5.74) is 5.67. The van der Waals surface area contributed by atoms with Crippen LogP contribution in [0.1, 0.15) is 57.3 Å². The van der Waals surface area contributed by atoms with Crippen LogP contribution in [0.25, 0.3) is 5.69 Å². The van der Waals surface area contributed by atoms with Crippen molar-refractivity contribution in [2.45, 2.75) is 45.6 Å². The van der Waals surface area contributed by atoms with E-state index in [4.69, 9.17) is 5.26 Å². The van der Waals surface area contributed by atoms with Crippen molar-refractivity contribution >= 4 is 17.7 Å². The van der Waals surface area contributed by atoms with Gasteiger partial charge < -0.3 is 9.88 Å². The van der Waals surface area contributed by atoms with E-state index in [1.165, 1.54) is 17.5 Å². The number of aryl methyl sites for hydroxylation is 3. The van der Waals surface area contributed by atoms with Crippen molar-refractivity contribution in [1.82, 2.24) is 14.8 Å². The summed E-state index contributed by atoms with van der Waals surface area (Å²) in [6, 6.07) is 16.2. The van der Waals surface area contributed by atoms with Crippen LogP contribution in [0, 0.1) is 25.2 Å². The Morgan fingerprint density at radius 3 is 2.49 bits per heavy atom. The maximum atomic E-state index is 13.3. The zero-order valence-electron chi connectivity index (χ0n) is 20.0. The van der Waals surface area contributed by atoms with E-state index >= 15 is 0 Å². The van der Waals surface area contributed by atoms with Crippen LogP contribution in [0.15, 0.2) is 48.5 Å². The molecule has 0 radical (unpaired) electrons. The van der Waals surface area contributed by atoms with E-state index in [-0.39, 0.29) is 12.3 Å². The summed E-state index contributed by atoms with van der Waals surface area (Å²) < 4.78 is 2.05. The molecule has 1 saturated heterocycles. The van der Waals surface area contributed by atoms with Crippen LogP contribution in [0.3, 0.4) is 0 Å². The number of urea groups is 1. The fourth-order valence-electron chi connectivity index (χ4n) is 5.28. The first kappa shape index (κ1) is 22.6. The molecule has 0 spiro atoms. The van der Waals surface area contributed by atoms with Gasteiger partial charge in [-0.3, -0.25) is 14.5 Å². The molecule has 0 unspecified atom stereocenters. The summed E-state index contributed by atoms with van der Waals surface area (Å²) in [7, 11) is 0. The van der Waals surface area contributed by atoms with Gasteiger partial charge in [0.15, 0.2) is 5.78 Å². The maximum absolute atomic E-state index is 13.3. The SMILES string of the molecule is Cc1cc(C(=O)CN2C(=O)N[C@](C)(c3ccc(C#N)cc3)C2=O)c(C)n1-c1ccc2c(c1)CCC2. The Bertz CT molecular complexity index is 1430. The molecule has 1 atom stereocenters. The molecule has 3 amide bonds. The summed E-state index contributed by atoms with van der Waals surface area (Å²) in [5.74, 6) is -0.786. The predicted molar refractivity (Wildman–Crippen MR) is 130 cm³/mol. The van der Waals surface area contributed by atoms with Crippen molar-refractivity contribution in [3.63, 3.8) is 0 Å². The third kappa shape index (κ3) is 3.62. The molecule has 35 heavy (non-hydrogen) atoms. The first-order valence-electron chi connectivity index (χ1n) is 11.7. The zero-order chi connectivity index (χ0) is 24.9. The minimum Gasteiger partial charge on any atom is -0.319 e. The summed E-state index contributed by atoms with van der Waals surface area (Å²) in [5, 5.41) is 11.7. The average Bonchev–Trinajstić information content (AvgIpc) is 3.50. The molecule has 5 rings (SSSR count). The van der Waals surface area contributed by atoms with Crippen molar-refractivity contribution in [1.29, 1.82) is 5.26 Å². The lowest BCUT2D eigenvalue weighted by molar-refractivity contribution is -0.130. The van der Waals surface area contributed by atoms with Crippen LogP contribution in [0.2, 0.25) is 0 Å². The van der Waals surface area contributed by atoms with Gasteiger partial charge in [-0.25, -0.2) is 4.79 Å². The second kappa shape index (κ2) is 8.24. The van der Waals surface area contributed by atoms with Crippen LogP contribution in [-0.2, 0) is 23.2 Å². The number of nitriles is 1. The minimum atomic E-state index is -1.30. The van der Waals surface area contributed by atoms with Gasteiger partial charge in [0.2, 0.25) is 0 Å². The molecule has 176 valence electrons. The molecular weight excluding hydrogens is 440 g/mol. The molecule has 7 nitrogen and oxygen atoms in total. The maximum Gasteiger partial charge on any atom is 0.325 e. The third-order valence-corrected chi connectivity index (χ3v) is 7.24. The highest BCUT2D eigenvalue weighted by molar-refractivity contribution is 6.11. The number of aromatic nitrogens is 1. The van der Waals surface area contributed by atoms with Gasteiger partial charge in [0.25, 0.3) is 5.91 Å². The molecule has 1 fully saturated rings. The van der Waals surface area contributed by atoms with E-state index in [1.54, 1.807) is 31.2 Å². The smallest absolute Gasteiger partial charge is 0.319 e. The number of carbonyl (C=O) groups is 3. The molecule has 1 aromatic heterocycles. The Morgan fingerprint density at radius 1 is 1.06 bits per heavy atom. The van der Waals surface area contributed by atoms with E-state index in [9.17, 15) is 14.4 Å². The number of rotatable bonds is 5. The molecule has 0 saturated carbocycles. The number of benzene rings is 2. The van der Waals surface area contributed by atoms with Gasteiger partial charge in [-0.2, -0.15) is 5.26 Å². The Morgan fingerprint density at radius 2 is 1.77 bits per heavy atom. The molecule has 1 aliphatic heterocycles. The minimum absolute atomic E-state index is 0.293. The van der Waals surface area contributed by atoms with Crippen LogP contribution < -0.4 is 5.32 Å². The summed E-state index contributed by atoms with van der Waals surface area (Å²) in [6.07, 6.45) is 3.34. The summed E-state index contributed by atoms with van der Waals surface area (Å²) >= 11 is 0. The van der Waals surface area contributed by atoms with Gasteiger partial charge in [0.05, 0.1) is 18.2 Å². The van der Waals surface area contributed by atoms with E-state index in [0.29, 0.717) is 16.7 Å². The molecule has 7 heteroatoms. The van der Waals surface area contributed by atoms with E-state index in [0.717, 1.165) is 34.8 Å². The van der Waals surface area contributed by atoms with Crippen molar-refractivity contribution < 1.29 is 14.4 Å². The normalized spacial score (nSPS) is 19.0. The van der Waals surface area contributed by atoms with Gasteiger partial charge in [0.1, 0.15) is 5.54 Å². The Balaban J connectivity index is 1.40. The van der Waals surface area contributed by atoms with Gasteiger partial charge in [0, 0.05) is 22.6 Å². The number of hydrogen-bond donors (Lipinski definition) is 1. The van der Waals surface area contributed by atoms with E-state index < -0.39 is 17.5 Å². The highest BCUT2D eigenvalue weighted by Crippen LogP contribution is 2.31. The third-order valence-electron chi connectivity index (χ3n) is 7.24. The number of hydrogen-bond acceptors (Lipinski definition) is 4.